The van der Waals surface area contributed by atoms with E-state index in [2.05, 4.69) is 32.8 Å². The van der Waals surface area contributed by atoms with Crippen LogP contribution in [0.3, 0.4) is 0 Å². The van der Waals surface area contributed by atoms with E-state index < -0.39 is 0 Å². The van der Waals surface area contributed by atoms with Crippen LogP contribution in [-0.2, 0) is 0 Å². The predicted molar refractivity (Wildman–Crippen MR) is 99.9 cm³/mol. The second-order valence-corrected chi connectivity index (χ2v) is 7.62. The smallest absolute Gasteiger partial charge is 0.215 e. The number of rotatable bonds is 4. The Morgan fingerprint density at radius 3 is 2.63 bits per heavy atom. The third kappa shape index (κ3) is 3.30. The SMILES string of the molecule is c1ccc(-n2nc(Sc3ccc4nnnn4n3)nc2C2CCCCC2)cc1. The summed E-state index contributed by atoms with van der Waals surface area (Å²) in [6.07, 6.45) is 6.17. The summed E-state index contributed by atoms with van der Waals surface area (Å²) in [5.74, 6) is 1.50. The molecule has 8 nitrogen and oxygen atoms in total. The molecule has 0 unspecified atom stereocenters. The number of fused-ring (bicyclic) bond motifs is 1. The van der Waals surface area contributed by atoms with Crippen molar-refractivity contribution in [3.05, 3.63) is 48.3 Å². The van der Waals surface area contributed by atoms with Crippen LogP contribution < -0.4 is 0 Å². The quantitative estimate of drug-likeness (QED) is 0.538. The van der Waals surface area contributed by atoms with Gasteiger partial charge in [0.05, 0.1) is 5.69 Å². The minimum atomic E-state index is 0.454. The van der Waals surface area contributed by atoms with Crippen molar-refractivity contribution in [2.75, 3.05) is 0 Å². The summed E-state index contributed by atoms with van der Waals surface area (Å²) in [6.45, 7) is 0. The van der Waals surface area contributed by atoms with Gasteiger partial charge < -0.3 is 0 Å². The van der Waals surface area contributed by atoms with E-state index in [9.17, 15) is 0 Å². The van der Waals surface area contributed by atoms with Crippen molar-refractivity contribution in [1.82, 2.24) is 40.0 Å². The Morgan fingerprint density at radius 1 is 0.926 bits per heavy atom. The Morgan fingerprint density at radius 2 is 1.78 bits per heavy atom. The largest absolute Gasteiger partial charge is 0.216 e. The zero-order valence-corrected chi connectivity index (χ0v) is 15.5. The molecular formula is C18H18N8S. The lowest BCUT2D eigenvalue weighted by molar-refractivity contribution is 0.422. The molecule has 0 amide bonds. The fourth-order valence-electron chi connectivity index (χ4n) is 3.51. The number of benzene rings is 1. The molecule has 5 rings (SSSR count). The van der Waals surface area contributed by atoms with E-state index in [1.807, 2.05) is 35.0 Å². The molecular weight excluding hydrogens is 360 g/mol. The van der Waals surface area contributed by atoms with Gasteiger partial charge in [0.25, 0.3) is 0 Å². The first kappa shape index (κ1) is 16.4. The molecule has 136 valence electrons. The maximum Gasteiger partial charge on any atom is 0.215 e. The fourth-order valence-corrected chi connectivity index (χ4v) is 4.22. The highest BCUT2D eigenvalue weighted by molar-refractivity contribution is 7.99. The molecule has 0 atom stereocenters. The highest BCUT2D eigenvalue weighted by Crippen LogP contribution is 2.34. The van der Waals surface area contributed by atoms with Crippen molar-refractivity contribution in [2.24, 2.45) is 0 Å². The molecule has 27 heavy (non-hydrogen) atoms. The highest BCUT2D eigenvalue weighted by atomic mass is 32.2. The molecule has 4 aromatic rings. The van der Waals surface area contributed by atoms with Gasteiger partial charge in [0, 0.05) is 5.92 Å². The summed E-state index contributed by atoms with van der Waals surface area (Å²) in [5, 5.41) is 22.0. The van der Waals surface area contributed by atoms with Crippen molar-refractivity contribution in [3.8, 4) is 5.69 Å². The number of tetrazole rings is 1. The van der Waals surface area contributed by atoms with Gasteiger partial charge in [0.2, 0.25) is 5.16 Å². The van der Waals surface area contributed by atoms with Crippen LogP contribution >= 0.6 is 11.8 Å². The molecule has 1 aliphatic carbocycles. The van der Waals surface area contributed by atoms with Crippen LogP contribution in [0.4, 0.5) is 0 Å². The van der Waals surface area contributed by atoms with E-state index in [-0.39, 0.29) is 0 Å². The number of aromatic nitrogens is 8. The topological polar surface area (TPSA) is 86.7 Å². The van der Waals surface area contributed by atoms with Crippen LogP contribution in [0.5, 0.6) is 0 Å². The van der Waals surface area contributed by atoms with Gasteiger partial charge in [0.15, 0.2) is 5.65 Å². The number of para-hydroxylation sites is 1. The van der Waals surface area contributed by atoms with Crippen LogP contribution in [0.25, 0.3) is 11.3 Å². The second kappa shape index (κ2) is 7.07. The van der Waals surface area contributed by atoms with Crippen LogP contribution in [0.1, 0.15) is 43.8 Å². The average Bonchev–Trinajstić information content (AvgIpc) is 3.36. The van der Waals surface area contributed by atoms with Gasteiger partial charge in [-0.3, -0.25) is 0 Å². The molecule has 3 heterocycles. The van der Waals surface area contributed by atoms with Crippen molar-refractivity contribution in [2.45, 2.75) is 48.2 Å². The van der Waals surface area contributed by atoms with Gasteiger partial charge in [-0.2, -0.15) is 0 Å². The van der Waals surface area contributed by atoms with Gasteiger partial charge in [0.1, 0.15) is 10.9 Å². The van der Waals surface area contributed by atoms with E-state index in [1.165, 1.54) is 48.5 Å². The van der Waals surface area contributed by atoms with Crippen molar-refractivity contribution < 1.29 is 0 Å². The number of nitrogens with zero attached hydrogens (tertiary/aromatic N) is 8. The molecule has 0 saturated heterocycles. The van der Waals surface area contributed by atoms with E-state index in [4.69, 9.17) is 10.1 Å². The van der Waals surface area contributed by atoms with Crippen molar-refractivity contribution in [3.63, 3.8) is 0 Å². The Bertz CT molecular complexity index is 1050. The minimum Gasteiger partial charge on any atom is -0.216 e. The van der Waals surface area contributed by atoms with Crippen molar-refractivity contribution >= 4 is 17.4 Å². The third-order valence-corrected chi connectivity index (χ3v) is 5.61. The zero-order valence-electron chi connectivity index (χ0n) is 14.6. The first-order valence-corrected chi connectivity index (χ1v) is 9.94. The molecule has 1 fully saturated rings. The van der Waals surface area contributed by atoms with Gasteiger partial charge in [-0.15, -0.1) is 19.9 Å². The standard InChI is InChI=1S/C18H18N8S/c1-3-7-13(8-4-1)17-19-18(22-25(17)14-9-5-2-6-10-14)27-16-12-11-15-20-23-24-26(15)21-16/h2,5-6,9-13H,1,3-4,7-8H2. The van der Waals surface area contributed by atoms with Gasteiger partial charge in [-0.1, -0.05) is 37.5 Å². The monoisotopic (exact) mass is 378 g/mol. The normalized spacial score (nSPS) is 15.4. The Kier molecular flexibility index (Phi) is 4.29. The lowest BCUT2D eigenvalue weighted by Gasteiger charge is -2.21. The van der Waals surface area contributed by atoms with Crippen LogP contribution in [0.2, 0.25) is 0 Å². The minimum absolute atomic E-state index is 0.454. The first-order chi connectivity index (χ1) is 13.4. The molecule has 0 N–H and O–H groups in total. The van der Waals surface area contributed by atoms with Gasteiger partial charge in [-0.25, -0.2) is 9.67 Å². The Hall–Kier alpha value is -2.81. The maximum absolute atomic E-state index is 4.89. The molecule has 9 heteroatoms. The van der Waals surface area contributed by atoms with Crippen LogP contribution in [0.15, 0.2) is 52.6 Å². The lowest BCUT2D eigenvalue weighted by Crippen LogP contribution is -2.12. The molecule has 1 aliphatic rings. The third-order valence-electron chi connectivity index (χ3n) is 4.82. The van der Waals surface area contributed by atoms with Crippen LogP contribution in [-0.4, -0.2) is 40.0 Å². The summed E-state index contributed by atoms with van der Waals surface area (Å²) < 4.78 is 3.41. The van der Waals surface area contributed by atoms with E-state index in [0.29, 0.717) is 16.7 Å². The molecule has 0 bridgehead atoms. The Balaban J connectivity index is 1.51. The first-order valence-electron chi connectivity index (χ1n) is 9.12. The summed E-state index contributed by atoms with van der Waals surface area (Å²) in [5.41, 5.74) is 1.66. The van der Waals surface area contributed by atoms with Gasteiger partial charge in [-0.05, 0) is 59.3 Å². The second-order valence-electron chi connectivity index (χ2n) is 6.64. The van der Waals surface area contributed by atoms with Crippen LogP contribution in [0, 0.1) is 0 Å². The molecule has 0 aliphatic heterocycles. The fraction of sp³-hybridized carbons (Fsp3) is 0.333. The number of hydrogen-bond acceptors (Lipinski definition) is 7. The molecule has 1 saturated carbocycles. The highest BCUT2D eigenvalue weighted by Gasteiger charge is 2.23. The van der Waals surface area contributed by atoms with E-state index in [0.717, 1.165) is 16.5 Å². The lowest BCUT2D eigenvalue weighted by atomic mass is 9.88. The maximum atomic E-state index is 4.89. The molecule has 0 radical (unpaired) electrons. The molecule has 0 spiro atoms. The zero-order chi connectivity index (χ0) is 18.1. The van der Waals surface area contributed by atoms with Gasteiger partial charge >= 0.3 is 0 Å². The van der Waals surface area contributed by atoms with E-state index in [1.54, 1.807) is 0 Å². The summed E-state index contributed by atoms with van der Waals surface area (Å²) >= 11 is 1.43. The van der Waals surface area contributed by atoms with E-state index >= 15 is 0 Å². The molecule has 3 aromatic heterocycles. The average molecular weight is 378 g/mol. The Labute approximate surface area is 160 Å². The number of hydrogen-bond donors (Lipinski definition) is 0. The summed E-state index contributed by atoms with van der Waals surface area (Å²) in [7, 11) is 0. The summed E-state index contributed by atoms with van der Waals surface area (Å²) in [4.78, 5) is 4.89. The molecule has 1 aromatic carbocycles. The van der Waals surface area contributed by atoms with Crippen molar-refractivity contribution in [1.29, 1.82) is 0 Å². The summed E-state index contributed by atoms with van der Waals surface area (Å²) in [6, 6.07) is 13.9. The predicted octanol–water partition coefficient (Wildman–Crippen LogP) is 3.30.